The molecule has 0 aromatic heterocycles. The van der Waals surface area contributed by atoms with Crippen molar-refractivity contribution in [3.63, 3.8) is 0 Å². The molecule has 0 spiro atoms. The number of benzene rings is 1. The summed E-state index contributed by atoms with van der Waals surface area (Å²) in [6.45, 7) is 9.56. The third kappa shape index (κ3) is 3.14. The summed E-state index contributed by atoms with van der Waals surface area (Å²) in [4.78, 5) is 0. The zero-order chi connectivity index (χ0) is 15.2. The molecule has 1 nitrogen and oxygen atoms in total. The Labute approximate surface area is 134 Å². The number of nitrogens with one attached hydrogen (secondary N) is 1. The summed E-state index contributed by atoms with van der Waals surface area (Å²) in [6.07, 6.45) is 5.16. The molecular weight excluding hydrogens is 278 g/mol. The fourth-order valence-electron chi connectivity index (χ4n) is 4.64. The van der Waals surface area contributed by atoms with Gasteiger partial charge in [-0.15, -0.1) is 0 Å². The molecule has 1 aromatic rings. The second-order valence-electron chi connectivity index (χ2n) is 8.22. The lowest BCUT2D eigenvalue weighted by molar-refractivity contribution is 0.182. The Bertz CT molecular complexity index is 512. The van der Waals surface area contributed by atoms with Crippen LogP contribution in [-0.2, 0) is 6.42 Å². The molecule has 1 N–H and O–H groups in total. The summed E-state index contributed by atoms with van der Waals surface area (Å²) in [5.74, 6) is 1.68. The Balaban J connectivity index is 1.82. The molecule has 2 aliphatic carbocycles. The van der Waals surface area contributed by atoms with Crippen molar-refractivity contribution in [1.82, 2.24) is 5.32 Å². The first kappa shape index (κ1) is 15.4. The molecule has 1 aromatic carbocycles. The van der Waals surface area contributed by atoms with Crippen LogP contribution < -0.4 is 5.32 Å². The molecule has 2 aliphatic rings. The van der Waals surface area contributed by atoms with E-state index in [-0.39, 0.29) is 5.41 Å². The highest BCUT2D eigenvalue weighted by atomic mass is 35.5. The molecule has 0 heterocycles. The van der Waals surface area contributed by atoms with Crippen molar-refractivity contribution in [1.29, 1.82) is 0 Å². The van der Waals surface area contributed by atoms with Gasteiger partial charge in [0.15, 0.2) is 0 Å². The maximum Gasteiger partial charge on any atom is 0.0409 e. The van der Waals surface area contributed by atoms with Crippen molar-refractivity contribution in [3.8, 4) is 0 Å². The van der Waals surface area contributed by atoms with Crippen LogP contribution >= 0.6 is 11.6 Å². The minimum Gasteiger partial charge on any atom is -0.307 e. The van der Waals surface area contributed by atoms with Crippen molar-refractivity contribution in [2.45, 2.75) is 65.5 Å². The summed E-state index contributed by atoms with van der Waals surface area (Å²) in [5, 5.41) is 4.86. The van der Waals surface area contributed by atoms with Gasteiger partial charge >= 0.3 is 0 Å². The van der Waals surface area contributed by atoms with E-state index in [0.29, 0.717) is 12.1 Å². The summed E-state index contributed by atoms with van der Waals surface area (Å²) in [5.41, 5.74) is 3.17. The van der Waals surface area contributed by atoms with E-state index in [1.54, 1.807) is 0 Å². The zero-order valence-corrected chi connectivity index (χ0v) is 14.5. The highest BCUT2D eigenvalue weighted by Crippen LogP contribution is 2.47. The second kappa shape index (κ2) is 5.59. The van der Waals surface area contributed by atoms with Crippen molar-refractivity contribution >= 4 is 11.6 Å². The average Bonchev–Trinajstić information content (AvgIpc) is 2.60. The lowest BCUT2D eigenvalue weighted by Crippen LogP contribution is -2.42. The first-order chi connectivity index (χ1) is 9.85. The molecule has 0 bridgehead atoms. The van der Waals surface area contributed by atoms with E-state index in [1.165, 1.54) is 30.4 Å². The lowest BCUT2D eigenvalue weighted by atomic mass is 9.78. The third-order valence-electron chi connectivity index (χ3n) is 5.43. The molecule has 3 atom stereocenters. The van der Waals surface area contributed by atoms with Gasteiger partial charge in [-0.2, -0.15) is 0 Å². The highest BCUT2D eigenvalue weighted by Gasteiger charge is 2.40. The Kier molecular flexibility index (Phi) is 4.09. The van der Waals surface area contributed by atoms with E-state index in [4.69, 9.17) is 11.6 Å². The summed E-state index contributed by atoms with van der Waals surface area (Å²) < 4.78 is 0. The van der Waals surface area contributed by atoms with Crippen LogP contribution in [0.1, 0.15) is 64.1 Å². The normalized spacial score (nSPS) is 34.7. The fraction of sp³-hybridized carbons (Fsp3) is 0.684. The lowest BCUT2D eigenvalue weighted by Gasteiger charge is -2.38. The highest BCUT2D eigenvalue weighted by molar-refractivity contribution is 6.30. The minimum atomic E-state index is 0.275. The number of fused-ring (bicyclic) bond motifs is 1. The second-order valence-corrected chi connectivity index (χ2v) is 8.66. The monoisotopic (exact) mass is 305 g/mol. The van der Waals surface area contributed by atoms with E-state index < -0.39 is 0 Å². The van der Waals surface area contributed by atoms with Crippen LogP contribution in [0.25, 0.3) is 0 Å². The van der Waals surface area contributed by atoms with Gasteiger partial charge in [-0.3, -0.25) is 0 Å². The van der Waals surface area contributed by atoms with Gasteiger partial charge in [-0.1, -0.05) is 45.4 Å². The van der Waals surface area contributed by atoms with Crippen LogP contribution in [0.3, 0.4) is 0 Å². The SMILES string of the molecule is CC1CC(C)CC(NC2c3cc(Cl)ccc3CC2(C)C)C1. The molecule has 0 amide bonds. The Morgan fingerprint density at radius 2 is 1.76 bits per heavy atom. The predicted molar refractivity (Wildman–Crippen MR) is 90.8 cm³/mol. The fourth-order valence-corrected chi connectivity index (χ4v) is 4.82. The molecule has 0 radical (unpaired) electrons. The molecule has 116 valence electrons. The smallest absolute Gasteiger partial charge is 0.0409 e. The van der Waals surface area contributed by atoms with Crippen LogP contribution in [0.4, 0.5) is 0 Å². The largest absolute Gasteiger partial charge is 0.307 e. The Morgan fingerprint density at radius 3 is 2.43 bits per heavy atom. The van der Waals surface area contributed by atoms with Gasteiger partial charge in [0.2, 0.25) is 0 Å². The van der Waals surface area contributed by atoms with Crippen molar-refractivity contribution in [2.24, 2.45) is 17.3 Å². The maximum atomic E-state index is 6.24. The quantitative estimate of drug-likeness (QED) is 0.773. The van der Waals surface area contributed by atoms with Gasteiger partial charge < -0.3 is 5.32 Å². The molecular formula is C19H28ClN. The van der Waals surface area contributed by atoms with Crippen LogP contribution in [0.15, 0.2) is 18.2 Å². The van der Waals surface area contributed by atoms with E-state index in [9.17, 15) is 0 Å². The van der Waals surface area contributed by atoms with Crippen LogP contribution in [-0.4, -0.2) is 6.04 Å². The molecule has 3 unspecified atom stereocenters. The van der Waals surface area contributed by atoms with Crippen LogP contribution in [0.5, 0.6) is 0 Å². The molecule has 3 rings (SSSR count). The number of hydrogen-bond donors (Lipinski definition) is 1. The van der Waals surface area contributed by atoms with Crippen molar-refractivity contribution in [2.75, 3.05) is 0 Å². The summed E-state index contributed by atoms with van der Waals surface area (Å²) >= 11 is 6.24. The van der Waals surface area contributed by atoms with E-state index in [2.05, 4.69) is 45.1 Å². The van der Waals surface area contributed by atoms with Gasteiger partial charge in [0, 0.05) is 17.1 Å². The van der Waals surface area contributed by atoms with Crippen molar-refractivity contribution in [3.05, 3.63) is 34.3 Å². The molecule has 1 saturated carbocycles. The molecule has 0 saturated heterocycles. The number of hydrogen-bond acceptors (Lipinski definition) is 1. The topological polar surface area (TPSA) is 12.0 Å². The number of halogens is 1. The summed E-state index contributed by atoms with van der Waals surface area (Å²) in [7, 11) is 0. The van der Waals surface area contributed by atoms with Gasteiger partial charge in [0.25, 0.3) is 0 Å². The molecule has 1 fully saturated rings. The standard InChI is InChI=1S/C19H28ClN/c1-12-7-13(2)9-16(8-12)21-18-17-10-15(20)6-5-14(17)11-19(18,3)4/h5-6,10,12-13,16,18,21H,7-9,11H2,1-4H3. The zero-order valence-electron chi connectivity index (χ0n) is 13.7. The minimum absolute atomic E-state index is 0.275. The molecule has 0 aliphatic heterocycles. The summed E-state index contributed by atoms with van der Waals surface area (Å²) in [6, 6.07) is 7.52. The Hall–Kier alpha value is -0.530. The first-order valence-electron chi connectivity index (χ1n) is 8.39. The third-order valence-corrected chi connectivity index (χ3v) is 5.66. The van der Waals surface area contributed by atoms with Crippen molar-refractivity contribution < 1.29 is 0 Å². The average molecular weight is 306 g/mol. The van der Waals surface area contributed by atoms with Gasteiger partial charge in [0.05, 0.1) is 0 Å². The Morgan fingerprint density at radius 1 is 1.10 bits per heavy atom. The van der Waals surface area contributed by atoms with E-state index in [1.807, 2.05) is 6.07 Å². The van der Waals surface area contributed by atoms with Gasteiger partial charge in [-0.25, -0.2) is 0 Å². The maximum absolute atomic E-state index is 6.24. The molecule has 21 heavy (non-hydrogen) atoms. The number of rotatable bonds is 2. The first-order valence-corrected chi connectivity index (χ1v) is 8.77. The van der Waals surface area contributed by atoms with Gasteiger partial charge in [-0.05, 0) is 66.2 Å². The van der Waals surface area contributed by atoms with Crippen LogP contribution in [0.2, 0.25) is 5.02 Å². The molecule has 2 heteroatoms. The van der Waals surface area contributed by atoms with E-state index in [0.717, 1.165) is 23.3 Å². The van der Waals surface area contributed by atoms with Crippen LogP contribution in [0, 0.1) is 17.3 Å². The predicted octanol–water partition coefficient (Wildman–Crippen LogP) is 5.38. The van der Waals surface area contributed by atoms with Gasteiger partial charge in [0.1, 0.15) is 0 Å². The van der Waals surface area contributed by atoms with E-state index >= 15 is 0 Å².